The van der Waals surface area contributed by atoms with Crippen molar-refractivity contribution in [2.24, 2.45) is 44.4 Å². The van der Waals surface area contributed by atoms with Crippen LogP contribution >= 0.6 is 11.3 Å². The van der Waals surface area contributed by atoms with Crippen LogP contribution in [-0.2, 0) is 57.6 Å². The van der Waals surface area contributed by atoms with Gasteiger partial charge >= 0.3 is 0 Å². The van der Waals surface area contributed by atoms with Crippen molar-refractivity contribution >= 4 is 81.4 Å². The number of guanidine groups is 2. The van der Waals surface area contributed by atoms with Gasteiger partial charge in [-0.25, -0.2) is 0 Å². The highest BCUT2D eigenvalue weighted by Gasteiger charge is 2.40. The van der Waals surface area contributed by atoms with Gasteiger partial charge in [-0.3, -0.25) is 48.3 Å². The molecule has 23 nitrogen and oxygen atoms in total. The number of carbonyl (C=O) groups excluding carboxylic acids is 8. The number of hydrogen-bond donors (Lipinski definition) is 11. The maximum Gasteiger partial charge on any atom is 0.245 e. The maximum atomic E-state index is 14.8. The Kier molecular flexibility index (Phi) is 21.1. The zero-order valence-electron chi connectivity index (χ0n) is 40.8. The summed E-state index contributed by atoms with van der Waals surface area (Å²) in [7, 11) is 1.56. The van der Waals surface area contributed by atoms with E-state index in [9.17, 15) is 38.4 Å². The molecule has 3 heterocycles. The van der Waals surface area contributed by atoms with Crippen molar-refractivity contribution in [3.63, 3.8) is 0 Å². The van der Waals surface area contributed by atoms with Crippen LogP contribution in [0.3, 0.4) is 0 Å². The van der Waals surface area contributed by atoms with Gasteiger partial charge in [-0.2, -0.15) is 0 Å². The molecule has 0 spiro atoms. The van der Waals surface area contributed by atoms with Crippen LogP contribution in [0.4, 0.5) is 0 Å². The first-order valence-corrected chi connectivity index (χ1v) is 24.9. The van der Waals surface area contributed by atoms with Crippen molar-refractivity contribution in [1.29, 1.82) is 0 Å². The topological polar surface area (TPSA) is 388 Å². The number of fused-ring (bicyclic) bond motifs is 1. The van der Waals surface area contributed by atoms with E-state index >= 15 is 0 Å². The van der Waals surface area contributed by atoms with E-state index < -0.39 is 77.6 Å². The fourth-order valence-corrected chi connectivity index (χ4v) is 9.22. The van der Waals surface area contributed by atoms with Crippen molar-refractivity contribution in [2.75, 3.05) is 26.7 Å². The first-order chi connectivity index (χ1) is 34.9. The number of likely N-dealkylation sites (tertiary alicyclic amines) is 1. The van der Waals surface area contributed by atoms with Crippen molar-refractivity contribution in [1.82, 2.24) is 36.1 Å². The molecule has 1 fully saturated rings. The van der Waals surface area contributed by atoms with Gasteiger partial charge in [0.1, 0.15) is 36.3 Å². The third-order valence-corrected chi connectivity index (χ3v) is 13.3. The van der Waals surface area contributed by atoms with Gasteiger partial charge in [-0.1, -0.05) is 54.6 Å². The molecule has 0 saturated carbocycles. The van der Waals surface area contributed by atoms with Crippen LogP contribution in [0.25, 0.3) is 10.9 Å². The number of rotatable bonds is 28. The van der Waals surface area contributed by atoms with Crippen LogP contribution in [0, 0.1) is 0 Å². The number of carbonyl (C=O) groups is 8. The number of aliphatic imine (C=N–C) groups is 2. The number of H-pyrrole nitrogens is 1. The summed E-state index contributed by atoms with van der Waals surface area (Å²) in [5, 5.41) is 13.7. The number of nitrogens with two attached hydrogens (primary N) is 6. The van der Waals surface area contributed by atoms with Crippen molar-refractivity contribution in [2.45, 2.75) is 107 Å². The standard InChI is InChI=1S/C49H67N15O8S/c1-63(41(66)27-31-13-10-24-73-31)39(26-30-28-58-33-15-6-5-14-32(30)33)46(71)62-37(25-29-11-3-2-4-12-29)44(69)61-36(17-8-22-57-49(54)55)47(72)64-23-9-18-38(64)45(70)60-35(16-7-21-56-48(52)53)43(68)59-34(42(51)67)19-20-40(50)65/h2-6,10-15,24,28,34-39,58H,7-9,16-23,25-27H2,1H3,(H2,50,65)(H2,51,67)(H,59,68)(H,60,70)(H,61,69)(H,62,71)(H4,52,53,56)(H4,54,55,57)/t34-,35-,36-,37-,38-,39-/m0/s1. The Labute approximate surface area is 426 Å². The highest BCUT2D eigenvalue weighted by molar-refractivity contribution is 7.10. The number of amides is 8. The van der Waals surface area contributed by atoms with Crippen LogP contribution in [0.1, 0.15) is 67.4 Å². The minimum Gasteiger partial charge on any atom is -0.370 e. The highest BCUT2D eigenvalue weighted by Crippen LogP contribution is 2.23. The summed E-state index contributed by atoms with van der Waals surface area (Å²) < 4.78 is 0. The molecule has 1 saturated heterocycles. The number of aromatic nitrogens is 1. The van der Waals surface area contributed by atoms with Gasteiger partial charge in [0, 0.05) is 67.9 Å². The summed E-state index contributed by atoms with van der Waals surface area (Å²) in [5.74, 6) is -5.75. The van der Waals surface area contributed by atoms with E-state index in [2.05, 4.69) is 36.2 Å². The van der Waals surface area contributed by atoms with Crippen molar-refractivity contribution < 1.29 is 38.4 Å². The number of benzene rings is 2. The van der Waals surface area contributed by atoms with Crippen LogP contribution in [-0.4, -0.2) is 137 Å². The average Bonchev–Trinajstić information content (AvgIpc) is 4.16. The molecule has 1 aliphatic rings. The minimum absolute atomic E-state index is 0.000504. The molecular formula is C49H67N15O8S. The summed E-state index contributed by atoms with van der Waals surface area (Å²) in [6.07, 6.45) is 2.54. The molecular weight excluding hydrogens is 959 g/mol. The molecule has 8 amide bonds. The Morgan fingerprint density at radius 1 is 0.726 bits per heavy atom. The van der Waals surface area contributed by atoms with Gasteiger partial charge in [0.25, 0.3) is 0 Å². The Hall–Kier alpha value is -8.02. The summed E-state index contributed by atoms with van der Waals surface area (Å²) in [6.45, 7) is 0.305. The predicted molar refractivity (Wildman–Crippen MR) is 277 cm³/mol. The fourth-order valence-electron chi connectivity index (χ4n) is 8.52. The van der Waals surface area contributed by atoms with Gasteiger partial charge in [0.2, 0.25) is 47.3 Å². The molecule has 6 atom stereocenters. The number of thiophene rings is 1. The summed E-state index contributed by atoms with van der Waals surface area (Å²) >= 11 is 1.42. The Morgan fingerprint density at radius 2 is 1.36 bits per heavy atom. The number of likely N-dealkylation sites (N-methyl/N-ethyl adjacent to an activating group) is 1. The number of nitrogens with one attached hydrogen (secondary N) is 5. The zero-order valence-corrected chi connectivity index (χ0v) is 41.6. The molecule has 4 aromatic rings. The van der Waals surface area contributed by atoms with E-state index in [-0.39, 0.29) is 102 Å². The monoisotopic (exact) mass is 1030 g/mol. The molecule has 392 valence electrons. The molecule has 0 aliphatic carbocycles. The number of primary amides is 2. The lowest BCUT2D eigenvalue weighted by Crippen LogP contribution is -2.60. The largest absolute Gasteiger partial charge is 0.370 e. The van der Waals surface area contributed by atoms with Gasteiger partial charge in [-0.05, 0) is 73.6 Å². The number of nitrogens with zero attached hydrogens (tertiary/aromatic N) is 4. The molecule has 24 heteroatoms. The molecule has 1 aliphatic heterocycles. The van der Waals surface area contributed by atoms with E-state index in [0.29, 0.717) is 12.0 Å². The smallest absolute Gasteiger partial charge is 0.245 e. The van der Waals surface area contributed by atoms with Crippen molar-refractivity contribution in [3.05, 3.63) is 94.3 Å². The number of aromatic amines is 1. The first-order valence-electron chi connectivity index (χ1n) is 24.0. The SMILES string of the molecule is CN(C(=O)Cc1cccs1)[C@@H](Cc1c[nH]c2ccccc12)C(=O)N[C@@H](Cc1ccccc1)C(=O)N[C@@H](CCCN=C(N)N)C(=O)N1CCC[C@H]1C(=O)N[C@@H](CCCN=C(N)N)C(=O)N[C@@H](CCC(N)=O)C(N)=O. The van der Waals surface area contributed by atoms with Crippen LogP contribution < -0.4 is 55.7 Å². The summed E-state index contributed by atoms with van der Waals surface area (Å²) in [4.78, 5) is 124. The lowest BCUT2D eigenvalue weighted by Gasteiger charge is -2.32. The molecule has 17 N–H and O–H groups in total. The Morgan fingerprint density at radius 3 is 2.00 bits per heavy atom. The Bertz CT molecular complexity index is 2600. The summed E-state index contributed by atoms with van der Waals surface area (Å²) in [6, 6.07) is 13.0. The second-order valence-corrected chi connectivity index (χ2v) is 18.8. The van der Waals surface area contributed by atoms with E-state index in [1.807, 2.05) is 47.8 Å². The third kappa shape index (κ3) is 17.1. The lowest BCUT2D eigenvalue weighted by atomic mass is 10.0. The number of para-hydroxylation sites is 1. The van der Waals surface area contributed by atoms with Gasteiger partial charge < -0.3 is 70.5 Å². The fraction of sp³-hybridized carbons (Fsp3) is 0.429. The van der Waals surface area contributed by atoms with Gasteiger partial charge in [0.05, 0.1) is 6.42 Å². The van der Waals surface area contributed by atoms with Gasteiger partial charge in [-0.15, -0.1) is 11.3 Å². The van der Waals surface area contributed by atoms with Crippen LogP contribution in [0.2, 0.25) is 0 Å². The van der Waals surface area contributed by atoms with E-state index in [4.69, 9.17) is 34.4 Å². The lowest BCUT2D eigenvalue weighted by molar-refractivity contribution is -0.143. The quantitative estimate of drug-likeness (QED) is 0.0183. The van der Waals surface area contributed by atoms with E-state index in [1.54, 1.807) is 37.5 Å². The summed E-state index contributed by atoms with van der Waals surface area (Å²) in [5.41, 5.74) is 35.2. The Balaban J connectivity index is 1.41. The normalized spacial score (nSPS) is 15.1. The molecule has 5 rings (SSSR count). The zero-order chi connectivity index (χ0) is 53.0. The third-order valence-electron chi connectivity index (χ3n) is 12.4. The minimum atomic E-state index is -1.29. The molecule has 2 aromatic heterocycles. The van der Waals surface area contributed by atoms with Crippen LogP contribution in [0.5, 0.6) is 0 Å². The molecule has 73 heavy (non-hydrogen) atoms. The molecule has 0 radical (unpaired) electrons. The predicted octanol–water partition coefficient (Wildman–Crippen LogP) is -1.13. The van der Waals surface area contributed by atoms with Gasteiger partial charge in [0.15, 0.2) is 11.9 Å². The van der Waals surface area contributed by atoms with E-state index in [1.165, 1.54) is 21.1 Å². The maximum absolute atomic E-state index is 14.8. The first kappa shape index (κ1) is 55.9. The average molecular weight is 1030 g/mol. The van der Waals surface area contributed by atoms with E-state index in [0.717, 1.165) is 21.3 Å². The van der Waals surface area contributed by atoms with Crippen molar-refractivity contribution in [3.8, 4) is 0 Å². The second kappa shape index (κ2) is 27.5. The molecule has 0 bridgehead atoms. The number of hydrogen-bond acceptors (Lipinski definition) is 11. The molecule has 0 unspecified atom stereocenters. The molecule has 2 aromatic carbocycles. The van der Waals surface area contributed by atoms with Crippen LogP contribution in [0.15, 0.2) is 88.3 Å². The second-order valence-electron chi connectivity index (χ2n) is 17.8. The highest BCUT2D eigenvalue weighted by atomic mass is 32.1.